The Morgan fingerprint density at radius 3 is 2.69 bits per heavy atom. The highest BCUT2D eigenvalue weighted by molar-refractivity contribution is 8.93. The highest BCUT2D eigenvalue weighted by atomic mass is 79.9. The van der Waals surface area contributed by atoms with Crippen LogP contribution in [-0.2, 0) is 0 Å². The molecule has 0 radical (unpaired) electrons. The van der Waals surface area contributed by atoms with Crippen LogP contribution in [0.2, 0.25) is 0 Å². The standard InChI is InChI=1S/C7H10N2O2S.BrH/c1-4(2)8-7-9-5(3-12-7)6(10)11;/h3-4H,1-2H3,(H,8,9)(H,10,11);1H. The van der Waals surface area contributed by atoms with E-state index in [2.05, 4.69) is 10.3 Å². The molecule has 0 bridgehead atoms. The van der Waals surface area contributed by atoms with Gasteiger partial charge in [-0.25, -0.2) is 9.78 Å². The summed E-state index contributed by atoms with van der Waals surface area (Å²) in [5, 5.41) is 13.7. The molecule has 13 heavy (non-hydrogen) atoms. The van der Waals surface area contributed by atoms with E-state index in [0.29, 0.717) is 5.13 Å². The number of nitrogens with zero attached hydrogens (tertiary/aromatic N) is 1. The van der Waals surface area contributed by atoms with E-state index < -0.39 is 5.97 Å². The van der Waals surface area contributed by atoms with E-state index in [-0.39, 0.29) is 28.7 Å². The summed E-state index contributed by atoms with van der Waals surface area (Å²) < 4.78 is 0. The molecule has 0 saturated carbocycles. The number of carboxylic acids is 1. The molecule has 0 aliphatic carbocycles. The van der Waals surface area contributed by atoms with Crippen LogP contribution < -0.4 is 5.32 Å². The fourth-order valence-corrected chi connectivity index (χ4v) is 1.52. The molecule has 4 nitrogen and oxygen atoms in total. The number of aromatic carboxylic acids is 1. The molecule has 0 aliphatic rings. The van der Waals surface area contributed by atoms with Crippen molar-refractivity contribution in [3.05, 3.63) is 11.1 Å². The van der Waals surface area contributed by atoms with Crippen molar-refractivity contribution in [3.8, 4) is 0 Å². The average Bonchev–Trinajstić information content (AvgIpc) is 2.34. The summed E-state index contributed by atoms with van der Waals surface area (Å²) in [6.45, 7) is 3.95. The van der Waals surface area contributed by atoms with Gasteiger partial charge < -0.3 is 10.4 Å². The second kappa shape index (κ2) is 5.18. The van der Waals surface area contributed by atoms with Crippen LogP contribution >= 0.6 is 28.3 Å². The molecule has 6 heteroatoms. The van der Waals surface area contributed by atoms with Crippen molar-refractivity contribution >= 4 is 39.4 Å². The maximum atomic E-state index is 10.4. The topological polar surface area (TPSA) is 62.2 Å². The van der Waals surface area contributed by atoms with Gasteiger partial charge in [0.15, 0.2) is 10.8 Å². The van der Waals surface area contributed by atoms with Crippen molar-refractivity contribution in [2.24, 2.45) is 0 Å². The summed E-state index contributed by atoms with van der Waals surface area (Å²) in [7, 11) is 0. The Morgan fingerprint density at radius 2 is 2.31 bits per heavy atom. The molecule has 2 N–H and O–H groups in total. The smallest absolute Gasteiger partial charge is 0.355 e. The number of hydrogen-bond donors (Lipinski definition) is 2. The molecule has 1 aromatic rings. The molecule has 1 heterocycles. The van der Waals surface area contributed by atoms with Gasteiger partial charge in [0.05, 0.1) is 0 Å². The van der Waals surface area contributed by atoms with E-state index in [1.807, 2.05) is 13.8 Å². The van der Waals surface area contributed by atoms with Crippen LogP contribution in [0.5, 0.6) is 0 Å². The van der Waals surface area contributed by atoms with Crippen molar-refractivity contribution in [1.29, 1.82) is 0 Å². The molecular weight excluding hydrogens is 256 g/mol. The second-order valence-corrected chi connectivity index (χ2v) is 3.50. The SMILES string of the molecule is Br.CC(C)Nc1nc(C(=O)O)cs1. The first-order valence-electron chi connectivity index (χ1n) is 3.55. The van der Waals surface area contributed by atoms with Gasteiger partial charge in [-0.2, -0.15) is 0 Å². The average molecular weight is 267 g/mol. The van der Waals surface area contributed by atoms with Crippen LogP contribution in [0.3, 0.4) is 0 Å². The normalized spacial score (nSPS) is 9.46. The first kappa shape index (κ1) is 12.4. The van der Waals surface area contributed by atoms with E-state index in [4.69, 9.17) is 5.11 Å². The van der Waals surface area contributed by atoms with Crippen molar-refractivity contribution in [1.82, 2.24) is 4.98 Å². The molecule has 0 fully saturated rings. The van der Waals surface area contributed by atoms with Crippen molar-refractivity contribution in [2.75, 3.05) is 5.32 Å². The molecule has 0 aromatic carbocycles. The quantitative estimate of drug-likeness (QED) is 0.881. The molecule has 0 saturated heterocycles. The lowest BCUT2D eigenvalue weighted by Gasteiger charge is -2.03. The lowest BCUT2D eigenvalue weighted by atomic mass is 10.4. The second-order valence-electron chi connectivity index (χ2n) is 2.64. The van der Waals surface area contributed by atoms with Gasteiger partial charge in [-0.15, -0.1) is 28.3 Å². The molecule has 0 aliphatic heterocycles. The Bertz CT molecular complexity index is 288. The zero-order valence-corrected chi connectivity index (χ0v) is 9.80. The zero-order valence-electron chi connectivity index (χ0n) is 7.27. The Balaban J connectivity index is 0.00000144. The maximum absolute atomic E-state index is 10.4. The predicted octanol–water partition coefficient (Wildman–Crippen LogP) is 2.24. The van der Waals surface area contributed by atoms with Crippen LogP contribution in [0.4, 0.5) is 5.13 Å². The molecule has 0 spiro atoms. The van der Waals surface area contributed by atoms with Crippen LogP contribution in [0.15, 0.2) is 5.38 Å². The van der Waals surface area contributed by atoms with E-state index in [0.717, 1.165) is 0 Å². The number of carbonyl (C=O) groups is 1. The molecular formula is C7H11BrN2O2S. The third kappa shape index (κ3) is 3.73. The molecule has 74 valence electrons. The number of carboxylic acid groups (broad SMARTS) is 1. The van der Waals surface area contributed by atoms with Crippen molar-refractivity contribution in [2.45, 2.75) is 19.9 Å². The van der Waals surface area contributed by atoms with Gasteiger partial charge in [0.1, 0.15) is 0 Å². The monoisotopic (exact) mass is 266 g/mol. The molecule has 1 aromatic heterocycles. The Morgan fingerprint density at radius 1 is 1.69 bits per heavy atom. The number of anilines is 1. The largest absolute Gasteiger partial charge is 0.476 e. The van der Waals surface area contributed by atoms with Crippen LogP contribution in [0.25, 0.3) is 0 Å². The highest BCUT2D eigenvalue weighted by Crippen LogP contribution is 2.15. The summed E-state index contributed by atoms with van der Waals surface area (Å²) in [6.07, 6.45) is 0. The minimum atomic E-state index is -0.983. The first-order chi connectivity index (χ1) is 5.59. The van der Waals surface area contributed by atoms with E-state index in [1.54, 1.807) is 0 Å². The van der Waals surface area contributed by atoms with Gasteiger partial charge >= 0.3 is 5.97 Å². The number of nitrogens with one attached hydrogen (secondary N) is 1. The maximum Gasteiger partial charge on any atom is 0.355 e. The van der Waals surface area contributed by atoms with E-state index in [1.165, 1.54) is 16.7 Å². The van der Waals surface area contributed by atoms with Gasteiger partial charge in [0.25, 0.3) is 0 Å². The summed E-state index contributed by atoms with van der Waals surface area (Å²) in [4.78, 5) is 14.3. The lowest BCUT2D eigenvalue weighted by Crippen LogP contribution is -2.09. The number of rotatable bonds is 3. The molecule has 0 atom stereocenters. The third-order valence-electron chi connectivity index (χ3n) is 1.14. The summed E-state index contributed by atoms with van der Waals surface area (Å²) >= 11 is 1.30. The third-order valence-corrected chi connectivity index (χ3v) is 1.91. The minimum absolute atomic E-state index is 0. The minimum Gasteiger partial charge on any atom is -0.476 e. The van der Waals surface area contributed by atoms with Crippen LogP contribution in [0, 0.1) is 0 Å². The van der Waals surface area contributed by atoms with Crippen LogP contribution in [-0.4, -0.2) is 22.1 Å². The lowest BCUT2D eigenvalue weighted by molar-refractivity contribution is 0.0691. The Kier molecular flexibility index (Phi) is 4.94. The fourth-order valence-electron chi connectivity index (χ4n) is 0.685. The van der Waals surface area contributed by atoms with Crippen LogP contribution in [0.1, 0.15) is 24.3 Å². The molecule has 1 rings (SSSR count). The van der Waals surface area contributed by atoms with Gasteiger partial charge in [0.2, 0.25) is 0 Å². The van der Waals surface area contributed by atoms with Crippen molar-refractivity contribution in [3.63, 3.8) is 0 Å². The van der Waals surface area contributed by atoms with E-state index >= 15 is 0 Å². The summed E-state index contributed by atoms with van der Waals surface area (Å²) in [5.41, 5.74) is 0.100. The van der Waals surface area contributed by atoms with E-state index in [9.17, 15) is 4.79 Å². The molecule has 0 unspecified atom stereocenters. The zero-order chi connectivity index (χ0) is 9.14. The molecule has 0 amide bonds. The number of hydrogen-bond acceptors (Lipinski definition) is 4. The Labute approximate surface area is 90.8 Å². The predicted molar refractivity (Wildman–Crippen MR) is 58.2 cm³/mol. The fraction of sp³-hybridized carbons (Fsp3) is 0.429. The number of aromatic nitrogens is 1. The van der Waals surface area contributed by atoms with Gasteiger partial charge in [0, 0.05) is 11.4 Å². The first-order valence-corrected chi connectivity index (χ1v) is 4.43. The van der Waals surface area contributed by atoms with Gasteiger partial charge in [-0.05, 0) is 13.8 Å². The van der Waals surface area contributed by atoms with Crippen molar-refractivity contribution < 1.29 is 9.90 Å². The highest BCUT2D eigenvalue weighted by Gasteiger charge is 2.08. The number of halogens is 1. The number of thiazole rings is 1. The van der Waals surface area contributed by atoms with Gasteiger partial charge in [-0.3, -0.25) is 0 Å². The Hall–Kier alpha value is -0.620. The summed E-state index contributed by atoms with van der Waals surface area (Å²) in [5.74, 6) is -0.983. The summed E-state index contributed by atoms with van der Waals surface area (Å²) in [6, 6.07) is 0.276. The van der Waals surface area contributed by atoms with Gasteiger partial charge in [-0.1, -0.05) is 0 Å².